The Morgan fingerprint density at radius 3 is 1.12 bits per heavy atom. The molecule has 76 heavy (non-hydrogen) atoms. The third-order valence-corrected chi connectivity index (χ3v) is 15.0. The zero-order valence-corrected chi connectivity index (χ0v) is 51.3. The van der Waals surface area contributed by atoms with Crippen LogP contribution in [0.4, 0.5) is 0 Å². The molecule has 0 aromatic rings. The lowest BCUT2D eigenvalue weighted by molar-refractivity contribution is -0.870. The van der Waals surface area contributed by atoms with Crippen LogP contribution in [0.1, 0.15) is 296 Å². The lowest BCUT2D eigenvalue weighted by Gasteiger charge is -2.28. The highest BCUT2D eigenvalue weighted by molar-refractivity contribution is 7.45. The van der Waals surface area contributed by atoms with Crippen molar-refractivity contribution in [2.45, 2.75) is 302 Å². The third-order valence-electron chi connectivity index (χ3n) is 14.1. The molecule has 444 valence electrons. The van der Waals surface area contributed by atoms with Crippen LogP contribution in [0.3, 0.4) is 0 Å². The van der Waals surface area contributed by atoms with E-state index in [0.29, 0.717) is 17.4 Å². The van der Waals surface area contributed by atoms with Crippen molar-refractivity contribution in [3.05, 3.63) is 60.8 Å². The molecule has 0 bridgehead atoms. The first-order chi connectivity index (χ1) is 37.0. The molecule has 0 aromatic carbocycles. The van der Waals surface area contributed by atoms with Gasteiger partial charge < -0.3 is 27.9 Å². The Morgan fingerprint density at radius 1 is 0.421 bits per heavy atom. The largest absolute Gasteiger partial charge is 0.756 e. The number of phosphoric ester groups is 1. The normalized spacial score (nSPS) is 13.6. The van der Waals surface area contributed by atoms with Gasteiger partial charge in [-0.3, -0.25) is 14.2 Å². The van der Waals surface area contributed by atoms with Crippen LogP contribution in [0.15, 0.2) is 60.8 Å². The van der Waals surface area contributed by atoms with Crippen molar-refractivity contribution in [1.82, 2.24) is 0 Å². The molecule has 2 unspecified atom stereocenters. The number of ether oxygens (including phenoxy) is 2. The van der Waals surface area contributed by atoms with Gasteiger partial charge in [0.25, 0.3) is 7.82 Å². The average Bonchev–Trinajstić information content (AvgIpc) is 3.38. The van der Waals surface area contributed by atoms with Crippen LogP contribution >= 0.6 is 7.82 Å². The molecule has 10 heteroatoms. The quantitative estimate of drug-likeness (QED) is 0.0195. The number of allylic oxidation sites excluding steroid dienone is 10. The molecule has 0 aliphatic rings. The Bertz CT molecular complexity index is 1470. The molecule has 0 heterocycles. The Morgan fingerprint density at radius 2 is 0.750 bits per heavy atom. The van der Waals surface area contributed by atoms with Crippen molar-refractivity contribution in [3.63, 3.8) is 0 Å². The van der Waals surface area contributed by atoms with E-state index in [2.05, 4.69) is 74.6 Å². The summed E-state index contributed by atoms with van der Waals surface area (Å²) in [6.07, 6.45) is 74.3. The van der Waals surface area contributed by atoms with Gasteiger partial charge in [0.1, 0.15) is 19.8 Å². The number of rotatable bonds is 59. The maximum absolute atomic E-state index is 12.8. The molecule has 0 aliphatic heterocycles. The molecule has 0 saturated heterocycles. The molecule has 0 rings (SSSR count). The van der Waals surface area contributed by atoms with Gasteiger partial charge in [0, 0.05) is 12.8 Å². The monoisotopic (exact) mass is 1090 g/mol. The second-order valence-electron chi connectivity index (χ2n) is 22.8. The van der Waals surface area contributed by atoms with Crippen LogP contribution in [-0.4, -0.2) is 70.0 Å². The highest BCUT2D eigenvalue weighted by atomic mass is 31.2. The van der Waals surface area contributed by atoms with Gasteiger partial charge in [0.2, 0.25) is 0 Å². The number of likely N-dealkylation sites (N-methyl/N-ethyl adjacent to an activating group) is 1. The lowest BCUT2D eigenvalue weighted by Crippen LogP contribution is -2.37. The van der Waals surface area contributed by atoms with Gasteiger partial charge >= 0.3 is 11.9 Å². The first kappa shape index (κ1) is 73.7. The zero-order valence-electron chi connectivity index (χ0n) is 50.5. The van der Waals surface area contributed by atoms with Crippen LogP contribution < -0.4 is 4.89 Å². The predicted octanol–water partition coefficient (Wildman–Crippen LogP) is 19.6. The molecule has 0 saturated carbocycles. The number of esters is 2. The Balaban J connectivity index is 3.99. The predicted molar refractivity (Wildman–Crippen MR) is 323 cm³/mol. The van der Waals surface area contributed by atoms with Crippen LogP contribution in [-0.2, 0) is 32.7 Å². The summed E-state index contributed by atoms with van der Waals surface area (Å²) >= 11 is 0. The van der Waals surface area contributed by atoms with E-state index in [1.807, 2.05) is 21.1 Å². The van der Waals surface area contributed by atoms with Crippen LogP contribution in [0.5, 0.6) is 0 Å². The molecule has 0 spiro atoms. The van der Waals surface area contributed by atoms with E-state index in [9.17, 15) is 19.0 Å². The van der Waals surface area contributed by atoms with Gasteiger partial charge in [0.05, 0.1) is 27.7 Å². The summed E-state index contributed by atoms with van der Waals surface area (Å²) in [5.41, 5.74) is 0. The number of phosphoric acid groups is 1. The minimum atomic E-state index is -4.63. The fourth-order valence-corrected chi connectivity index (χ4v) is 9.89. The van der Waals surface area contributed by atoms with E-state index in [-0.39, 0.29) is 32.0 Å². The second-order valence-corrected chi connectivity index (χ2v) is 24.2. The number of carbonyl (C=O) groups excluding carboxylic acids is 2. The fraction of sp³-hybridized carbons (Fsp3) is 0.818. The molecule has 0 radical (unpaired) electrons. The lowest BCUT2D eigenvalue weighted by atomic mass is 10.0. The Hall–Kier alpha value is -2.29. The second kappa shape index (κ2) is 57.4. The third kappa shape index (κ3) is 60.9. The minimum Gasteiger partial charge on any atom is -0.756 e. The van der Waals surface area contributed by atoms with Crippen molar-refractivity contribution < 1.29 is 42.1 Å². The molecule has 0 N–H and O–H groups in total. The van der Waals surface area contributed by atoms with Gasteiger partial charge in [-0.2, -0.15) is 0 Å². The van der Waals surface area contributed by atoms with Crippen LogP contribution in [0.25, 0.3) is 0 Å². The van der Waals surface area contributed by atoms with Crippen molar-refractivity contribution in [2.24, 2.45) is 0 Å². The van der Waals surface area contributed by atoms with E-state index < -0.39 is 26.5 Å². The van der Waals surface area contributed by atoms with Crippen LogP contribution in [0, 0.1) is 0 Å². The van der Waals surface area contributed by atoms with Gasteiger partial charge in [-0.1, -0.05) is 286 Å². The van der Waals surface area contributed by atoms with E-state index in [1.165, 1.54) is 193 Å². The molecule has 0 aromatic heterocycles. The first-order valence-corrected chi connectivity index (χ1v) is 33.5. The molecule has 0 aliphatic carbocycles. The summed E-state index contributed by atoms with van der Waals surface area (Å²) in [7, 11) is 1.18. The molecule has 0 fully saturated rings. The molecular weight excluding hydrogens is 966 g/mol. The Labute approximate surface area is 470 Å². The summed E-state index contributed by atoms with van der Waals surface area (Å²) in [5, 5.41) is 0. The van der Waals surface area contributed by atoms with Crippen molar-refractivity contribution in [1.29, 1.82) is 0 Å². The van der Waals surface area contributed by atoms with E-state index in [0.717, 1.165) is 70.6 Å². The number of quaternary nitrogens is 1. The highest BCUT2D eigenvalue weighted by Crippen LogP contribution is 2.38. The van der Waals surface area contributed by atoms with Gasteiger partial charge in [0.15, 0.2) is 6.10 Å². The van der Waals surface area contributed by atoms with Gasteiger partial charge in [-0.05, 0) is 57.8 Å². The van der Waals surface area contributed by atoms with Gasteiger partial charge in [-0.25, -0.2) is 0 Å². The maximum atomic E-state index is 12.8. The number of hydrogen-bond acceptors (Lipinski definition) is 8. The van der Waals surface area contributed by atoms with Crippen LogP contribution in [0.2, 0.25) is 0 Å². The summed E-state index contributed by atoms with van der Waals surface area (Å²) in [6.45, 7) is 4.17. The number of hydrogen-bond donors (Lipinski definition) is 0. The Kier molecular flexibility index (Phi) is 55.7. The van der Waals surface area contributed by atoms with E-state index >= 15 is 0 Å². The average molecular weight is 1090 g/mol. The standard InChI is InChI=1S/C66H122NO8P/c1-6-8-10-12-14-16-18-20-22-24-25-26-27-28-29-30-31-32-33-34-35-36-37-38-39-40-41-43-45-47-49-51-53-55-57-59-66(69)75-64(63-74-76(70,71)73-61-60-67(3,4)5)62-72-65(68)58-56-54-52-50-48-46-44-42-23-21-19-17-15-13-11-9-7-2/h8,10,14,16,20,22,25-26,28-29,64H,6-7,9,11-13,15,17-19,21,23-24,27,30-63H2,1-5H3/b10-8-,16-14-,22-20-,26-25-,29-28-. The van der Waals surface area contributed by atoms with Crippen molar-refractivity contribution in [3.8, 4) is 0 Å². The SMILES string of the molecule is CC/C=C\C/C=C\C/C=C\C/C=C\C/C=C\CCCCCCCCCCCCCCCCCCCCCC(=O)OC(COC(=O)CCCCCCCCCCCCCCCCCCC)COP(=O)([O-])OCC[N+](C)(C)C. The summed E-state index contributed by atoms with van der Waals surface area (Å²) in [5.74, 6) is -0.817. The zero-order chi connectivity index (χ0) is 55.6. The highest BCUT2D eigenvalue weighted by Gasteiger charge is 2.22. The number of unbranched alkanes of at least 4 members (excludes halogenated alkanes) is 35. The minimum absolute atomic E-state index is 0.0289. The number of carbonyl (C=O) groups is 2. The summed E-state index contributed by atoms with van der Waals surface area (Å²) in [6, 6.07) is 0. The van der Waals surface area contributed by atoms with E-state index in [1.54, 1.807) is 0 Å². The molecule has 0 amide bonds. The first-order valence-electron chi connectivity index (χ1n) is 32.0. The topological polar surface area (TPSA) is 111 Å². The van der Waals surface area contributed by atoms with Crippen molar-refractivity contribution in [2.75, 3.05) is 47.5 Å². The van der Waals surface area contributed by atoms with E-state index in [4.69, 9.17) is 18.5 Å². The smallest absolute Gasteiger partial charge is 0.306 e. The summed E-state index contributed by atoms with van der Waals surface area (Å²) < 4.78 is 34.2. The number of nitrogens with zero attached hydrogens (tertiary/aromatic N) is 1. The molecule has 2 atom stereocenters. The van der Waals surface area contributed by atoms with Crippen molar-refractivity contribution >= 4 is 19.8 Å². The molecule has 9 nitrogen and oxygen atoms in total. The summed E-state index contributed by atoms with van der Waals surface area (Å²) in [4.78, 5) is 37.9. The fourth-order valence-electron chi connectivity index (χ4n) is 9.16. The maximum Gasteiger partial charge on any atom is 0.306 e. The molecular formula is C66H122NO8P. The van der Waals surface area contributed by atoms with Gasteiger partial charge in [-0.15, -0.1) is 0 Å².